The van der Waals surface area contributed by atoms with Crippen LogP contribution in [-0.2, 0) is 13.1 Å². The second-order valence-electron chi connectivity index (χ2n) is 7.06. The summed E-state index contributed by atoms with van der Waals surface area (Å²) in [5.41, 5.74) is 3.11. The van der Waals surface area contributed by atoms with E-state index in [4.69, 9.17) is 5.26 Å². The molecule has 0 amide bonds. The molecule has 2 aromatic carbocycles. The number of rotatable bonds is 5. The molecule has 1 saturated heterocycles. The molecule has 6 heteroatoms. The highest BCUT2D eigenvalue weighted by atomic mass is 79.9. The average Bonchev–Trinajstić information content (AvgIpc) is 2.74. The summed E-state index contributed by atoms with van der Waals surface area (Å²) in [7, 11) is 1.80. The highest BCUT2D eigenvalue weighted by Gasteiger charge is 2.20. The number of hydrogen-bond acceptors (Lipinski definition) is 3. The zero-order valence-electron chi connectivity index (χ0n) is 16.2. The third-order valence-electron chi connectivity index (χ3n) is 4.99. The van der Waals surface area contributed by atoms with Crippen LogP contribution in [0.3, 0.4) is 0 Å². The van der Waals surface area contributed by atoms with Gasteiger partial charge in [0.2, 0.25) is 0 Å². The number of benzene rings is 2. The average molecular weight is 440 g/mol. The van der Waals surface area contributed by atoms with Crippen LogP contribution in [0.5, 0.6) is 0 Å². The lowest BCUT2D eigenvalue weighted by Gasteiger charge is -2.33. The minimum Gasteiger partial charge on any atom is -0.354 e. The Bertz CT molecular complexity index is 833. The van der Waals surface area contributed by atoms with Crippen LogP contribution in [0.25, 0.3) is 0 Å². The number of halogens is 1. The van der Waals surface area contributed by atoms with E-state index in [0.717, 1.165) is 48.5 Å². The highest BCUT2D eigenvalue weighted by Crippen LogP contribution is 2.16. The minimum absolute atomic E-state index is 0.429. The van der Waals surface area contributed by atoms with Crippen molar-refractivity contribution in [1.29, 1.82) is 5.26 Å². The summed E-state index contributed by atoms with van der Waals surface area (Å²) in [6.07, 6.45) is 2.20. The Balaban J connectivity index is 1.43. The number of guanidine groups is 1. The Morgan fingerprint density at radius 3 is 2.61 bits per heavy atom. The predicted molar refractivity (Wildman–Crippen MR) is 117 cm³/mol. The van der Waals surface area contributed by atoms with Gasteiger partial charge in [-0.05, 0) is 48.2 Å². The van der Waals surface area contributed by atoms with E-state index in [-0.39, 0.29) is 0 Å². The van der Waals surface area contributed by atoms with Crippen molar-refractivity contribution in [3.63, 3.8) is 0 Å². The van der Waals surface area contributed by atoms with Crippen LogP contribution in [0.2, 0.25) is 0 Å². The van der Waals surface area contributed by atoms with E-state index in [2.05, 4.69) is 66.8 Å². The smallest absolute Gasteiger partial charge is 0.191 e. The Hall–Kier alpha value is -2.36. The van der Waals surface area contributed by atoms with Crippen molar-refractivity contribution in [1.82, 2.24) is 15.5 Å². The lowest BCUT2D eigenvalue weighted by atomic mass is 10.0. The van der Waals surface area contributed by atoms with Crippen molar-refractivity contribution < 1.29 is 0 Å². The molecular weight excluding hydrogens is 414 g/mol. The van der Waals surface area contributed by atoms with Crippen molar-refractivity contribution in [2.24, 2.45) is 4.99 Å². The van der Waals surface area contributed by atoms with Gasteiger partial charge < -0.3 is 10.6 Å². The van der Waals surface area contributed by atoms with Crippen LogP contribution in [-0.4, -0.2) is 37.0 Å². The van der Waals surface area contributed by atoms with Crippen molar-refractivity contribution in [3.05, 3.63) is 69.7 Å². The summed E-state index contributed by atoms with van der Waals surface area (Å²) in [4.78, 5) is 6.85. The Labute approximate surface area is 175 Å². The summed E-state index contributed by atoms with van der Waals surface area (Å²) in [6.45, 7) is 3.81. The normalized spacial score (nSPS) is 15.8. The van der Waals surface area contributed by atoms with E-state index in [1.54, 1.807) is 7.05 Å². The molecule has 0 bridgehead atoms. The summed E-state index contributed by atoms with van der Waals surface area (Å²) < 4.78 is 1.12. The van der Waals surface area contributed by atoms with Gasteiger partial charge in [0.1, 0.15) is 0 Å². The minimum atomic E-state index is 0.429. The molecule has 0 aromatic heterocycles. The number of nitriles is 1. The quantitative estimate of drug-likeness (QED) is 0.551. The summed E-state index contributed by atoms with van der Waals surface area (Å²) in [5, 5.41) is 15.9. The van der Waals surface area contributed by atoms with Crippen LogP contribution in [0, 0.1) is 11.3 Å². The van der Waals surface area contributed by atoms with Gasteiger partial charge in [0, 0.05) is 43.7 Å². The molecule has 28 heavy (non-hydrogen) atoms. The molecule has 2 aromatic rings. The van der Waals surface area contributed by atoms with Gasteiger partial charge in [-0.2, -0.15) is 5.26 Å². The Morgan fingerprint density at radius 2 is 1.93 bits per heavy atom. The summed E-state index contributed by atoms with van der Waals surface area (Å²) >= 11 is 3.49. The molecule has 3 rings (SSSR count). The molecule has 1 aliphatic rings. The van der Waals surface area contributed by atoms with Gasteiger partial charge in [-0.25, -0.2) is 0 Å². The molecule has 1 fully saturated rings. The standard InChI is InChI=1S/C22H26BrN5/c1-25-22(26-15-19-4-2-3-18(13-19)14-24)27-21-9-11-28(12-10-21)16-17-5-7-20(23)8-6-17/h2-8,13,21H,9-12,15-16H2,1H3,(H2,25,26,27). The molecule has 1 aliphatic heterocycles. The predicted octanol–water partition coefficient (Wildman–Crippen LogP) is 3.65. The van der Waals surface area contributed by atoms with Crippen LogP contribution in [0.15, 0.2) is 58.0 Å². The van der Waals surface area contributed by atoms with Gasteiger partial charge in [-0.15, -0.1) is 0 Å². The highest BCUT2D eigenvalue weighted by molar-refractivity contribution is 9.10. The third kappa shape index (κ3) is 6.08. The van der Waals surface area contributed by atoms with Gasteiger partial charge in [-0.3, -0.25) is 9.89 Å². The van der Waals surface area contributed by atoms with Crippen LogP contribution < -0.4 is 10.6 Å². The maximum Gasteiger partial charge on any atom is 0.191 e. The second-order valence-corrected chi connectivity index (χ2v) is 7.97. The Kier molecular flexibility index (Phi) is 7.46. The SMILES string of the molecule is CN=C(NCc1cccc(C#N)c1)NC1CCN(Cc2ccc(Br)cc2)CC1. The number of piperidine rings is 1. The van der Waals surface area contributed by atoms with E-state index in [0.29, 0.717) is 18.2 Å². The van der Waals surface area contributed by atoms with E-state index in [9.17, 15) is 0 Å². The number of nitrogens with zero attached hydrogens (tertiary/aromatic N) is 3. The van der Waals surface area contributed by atoms with Gasteiger partial charge in [0.15, 0.2) is 5.96 Å². The number of aliphatic imine (C=N–C) groups is 1. The first kappa shape index (κ1) is 20.4. The van der Waals surface area contributed by atoms with E-state index >= 15 is 0 Å². The number of likely N-dealkylation sites (tertiary alicyclic amines) is 1. The molecule has 0 radical (unpaired) electrons. The molecule has 0 spiro atoms. The molecule has 2 N–H and O–H groups in total. The van der Waals surface area contributed by atoms with Gasteiger partial charge in [0.25, 0.3) is 0 Å². The van der Waals surface area contributed by atoms with Crippen molar-refractivity contribution in [2.75, 3.05) is 20.1 Å². The molecule has 1 heterocycles. The summed E-state index contributed by atoms with van der Waals surface area (Å²) in [6, 6.07) is 18.8. The number of hydrogen-bond donors (Lipinski definition) is 2. The fourth-order valence-electron chi connectivity index (χ4n) is 3.41. The molecule has 0 aliphatic carbocycles. The first-order valence-corrected chi connectivity index (χ1v) is 10.4. The molecule has 0 unspecified atom stereocenters. The first-order chi connectivity index (χ1) is 13.7. The maximum absolute atomic E-state index is 9.02. The molecule has 0 atom stereocenters. The molecule has 0 saturated carbocycles. The van der Waals surface area contributed by atoms with Gasteiger partial charge in [-0.1, -0.05) is 40.2 Å². The third-order valence-corrected chi connectivity index (χ3v) is 5.52. The van der Waals surface area contributed by atoms with Crippen molar-refractivity contribution in [2.45, 2.75) is 32.0 Å². The largest absolute Gasteiger partial charge is 0.354 e. The fourth-order valence-corrected chi connectivity index (χ4v) is 3.67. The zero-order chi connectivity index (χ0) is 19.8. The maximum atomic E-state index is 9.02. The second kappa shape index (κ2) is 10.3. The fraction of sp³-hybridized carbons (Fsp3) is 0.364. The van der Waals surface area contributed by atoms with Crippen LogP contribution in [0.4, 0.5) is 0 Å². The molecule has 5 nitrogen and oxygen atoms in total. The van der Waals surface area contributed by atoms with Gasteiger partial charge in [0.05, 0.1) is 11.6 Å². The molecule has 146 valence electrons. The summed E-state index contributed by atoms with van der Waals surface area (Å²) in [5.74, 6) is 0.814. The van der Waals surface area contributed by atoms with E-state index in [1.165, 1.54) is 5.56 Å². The van der Waals surface area contributed by atoms with E-state index in [1.807, 2.05) is 24.3 Å². The van der Waals surface area contributed by atoms with Crippen molar-refractivity contribution >= 4 is 21.9 Å². The van der Waals surface area contributed by atoms with Crippen molar-refractivity contribution in [3.8, 4) is 6.07 Å². The van der Waals surface area contributed by atoms with Crippen LogP contribution in [0.1, 0.15) is 29.5 Å². The lowest BCUT2D eigenvalue weighted by Crippen LogP contribution is -2.48. The molecular formula is C22H26BrN5. The monoisotopic (exact) mass is 439 g/mol. The lowest BCUT2D eigenvalue weighted by molar-refractivity contribution is 0.198. The Morgan fingerprint density at radius 1 is 1.18 bits per heavy atom. The first-order valence-electron chi connectivity index (χ1n) is 9.59. The zero-order valence-corrected chi connectivity index (χ0v) is 17.7. The van der Waals surface area contributed by atoms with Gasteiger partial charge >= 0.3 is 0 Å². The number of nitrogens with one attached hydrogen (secondary N) is 2. The topological polar surface area (TPSA) is 63.5 Å². The van der Waals surface area contributed by atoms with Crippen LogP contribution >= 0.6 is 15.9 Å². The van der Waals surface area contributed by atoms with E-state index < -0.39 is 0 Å².